The standard InChI is InChI=1S/C33H47N7O7S2/c1-6-23-30(45)37-24(12-13-48-5)31(46)35-22(14-21-10-8-7-9-11-21)15-40(27(43)17-41)16-26(42)39-28(19(2)3)33-38-25(18-49-33)32(47)34-20(4)29(44)36-23/h7-11,18-20,22-24,28,41H,6,12-17H2,1-5H3,(H,34,47)(H,35,46)(H,36,44)(H,37,45)(H,39,42)/t20-,22+,23+,24+,28+/m1/s1. The van der Waals surface area contributed by atoms with Crippen molar-refractivity contribution < 1.29 is 33.9 Å². The molecule has 0 saturated heterocycles. The van der Waals surface area contributed by atoms with Gasteiger partial charge < -0.3 is 36.6 Å². The number of fused-ring (bicyclic) bond motifs is 2. The Morgan fingerprint density at radius 3 is 2.31 bits per heavy atom. The van der Waals surface area contributed by atoms with E-state index in [1.165, 1.54) is 29.0 Å². The number of aromatic nitrogens is 1. The Hall–Kier alpha value is -4.02. The van der Waals surface area contributed by atoms with E-state index in [-0.39, 0.29) is 37.4 Å². The van der Waals surface area contributed by atoms with E-state index in [9.17, 15) is 33.9 Å². The van der Waals surface area contributed by atoms with Gasteiger partial charge in [-0.1, -0.05) is 51.1 Å². The van der Waals surface area contributed by atoms with Crippen molar-refractivity contribution in [2.24, 2.45) is 5.92 Å². The van der Waals surface area contributed by atoms with Gasteiger partial charge in [-0.25, -0.2) is 4.98 Å². The number of aliphatic hydroxyl groups is 1. The van der Waals surface area contributed by atoms with Gasteiger partial charge in [-0.2, -0.15) is 11.8 Å². The van der Waals surface area contributed by atoms with Crippen molar-refractivity contribution in [2.75, 3.05) is 31.7 Å². The summed E-state index contributed by atoms with van der Waals surface area (Å²) < 4.78 is 0. The van der Waals surface area contributed by atoms with Crippen molar-refractivity contribution >= 4 is 58.5 Å². The smallest absolute Gasteiger partial charge is 0.271 e. The molecule has 0 aliphatic carbocycles. The summed E-state index contributed by atoms with van der Waals surface area (Å²) in [6, 6.07) is 4.98. The molecular weight excluding hydrogens is 671 g/mol. The van der Waals surface area contributed by atoms with Crippen molar-refractivity contribution in [3.63, 3.8) is 0 Å². The van der Waals surface area contributed by atoms with E-state index >= 15 is 0 Å². The molecule has 14 nitrogen and oxygen atoms in total. The summed E-state index contributed by atoms with van der Waals surface area (Å²) >= 11 is 2.65. The predicted molar refractivity (Wildman–Crippen MR) is 188 cm³/mol. The molecule has 5 atom stereocenters. The van der Waals surface area contributed by atoms with Crippen LogP contribution in [0.4, 0.5) is 0 Å². The third-order valence-corrected chi connectivity index (χ3v) is 9.54. The van der Waals surface area contributed by atoms with Crippen LogP contribution in [0.25, 0.3) is 0 Å². The second kappa shape index (κ2) is 19.2. The second-order valence-electron chi connectivity index (χ2n) is 12.2. The third-order valence-electron chi connectivity index (χ3n) is 7.96. The molecular formula is C33H47N7O7S2. The summed E-state index contributed by atoms with van der Waals surface area (Å²) in [6.07, 6.45) is 2.66. The van der Waals surface area contributed by atoms with E-state index in [0.29, 0.717) is 10.8 Å². The molecule has 1 aliphatic rings. The molecule has 49 heavy (non-hydrogen) atoms. The quantitative estimate of drug-likeness (QED) is 0.228. The first-order valence-corrected chi connectivity index (χ1v) is 18.5. The fourth-order valence-corrected chi connectivity index (χ4v) is 6.68. The van der Waals surface area contributed by atoms with E-state index < -0.39 is 78.8 Å². The van der Waals surface area contributed by atoms with Gasteiger partial charge >= 0.3 is 0 Å². The number of benzene rings is 1. The molecule has 0 fully saturated rings. The molecule has 268 valence electrons. The molecule has 1 aromatic heterocycles. The van der Waals surface area contributed by atoms with Gasteiger partial charge in [-0.3, -0.25) is 28.8 Å². The summed E-state index contributed by atoms with van der Waals surface area (Å²) in [5.41, 5.74) is 0.909. The SMILES string of the molecule is CC[C@@H]1NC(=O)[C@@H](C)NC(=O)c2csc(n2)[C@H](C(C)C)NC(=O)CN(C(=O)CO)C[C@H](Cc2ccccc2)NC(=O)[C@H](CCSC)NC1=O. The van der Waals surface area contributed by atoms with Gasteiger partial charge in [0.25, 0.3) is 5.91 Å². The number of carbonyl (C=O) groups excluding carboxylic acids is 6. The summed E-state index contributed by atoms with van der Waals surface area (Å²) in [5, 5.41) is 25.7. The van der Waals surface area contributed by atoms with Gasteiger partial charge in [-0.05, 0) is 49.7 Å². The zero-order chi connectivity index (χ0) is 36.1. The highest BCUT2D eigenvalue weighted by atomic mass is 32.2. The zero-order valence-electron chi connectivity index (χ0n) is 28.5. The van der Waals surface area contributed by atoms with Crippen molar-refractivity contribution in [1.29, 1.82) is 0 Å². The van der Waals surface area contributed by atoms with Crippen LogP contribution in [0.5, 0.6) is 0 Å². The first-order chi connectivity index (χ1) is 23.4. The Balaban J connectivity index is 2.03. The number of nitrogens with one attached hydrogen (secondary N) is 5. The summed E-state index contributed by atoms with van der Waals surface area (Å²) in [4.78, 5) is 85.3. The molecule has 2 bridgehead atoms. The maximum absolute atomic E-state index is 13.8. The first kappa shape index (κ1) is 39.4. The van der Waals surface area contributed by atoms with E-state index in [4.69, 9.17) is 0 Å². The lowest BCUT2D eigenvalue weighted by Crippen LogP contribution is -2.58. The highest BCUT2D eigenvalue weighted by Gasteiger charge is 2.31. The summed E-state index contributed by atoms with van der Waals surface area (Å²) in [6.45, 7) is 5.55. The summed E-state index contributed by atoms with van der Waals surface area (Å²) in [5.74, 6) is -3.13. The molecule has 1 aliphatic heterocycles. The van der Waals surface area contributed by atoms with Gasteiger partial charge in [0, 0.05) is 11.9 Å². The predicted octanol–water partition coefficient (Wildman–Crippen LogP) is 0.769. The Labute approximate surface area is 294 Å². The Bertz CT molecular complexity index is 1460. The van der Waals surface area contributed by atoms with Crippen LogP contribution in [-0.2, 0) is 30.4 Å². The topological polar surface area (TPSA) is 199 Å². The second-order valence-corrected chi connectivity index (χ2v) is 14.1. The lowest BCUT2D eigenvalue weighted by molar-refractivity contribution is -0.139. The molecule has 6 N–H and O–H groups in total. The number of hydrogen-bond donors (Lipinski definition) is 6. The van der Waals surface area contributed by atoms with Crippen molar-refractivity contribution in [1.82, 2.24) is 36.5 Å². The fourth-order valence-electron chi connectivity index (χ4n) is 5.19. The number of carbonyl (C=O) groups is 6. The van der Waals surface area contributed by atoms with Gasteiger partial charge in [0.2, 0.25) is 29.5 Å². The highest BCUT2D eigenvalue weighted by molar-refractivity contribution is 7.98. The van der Waals surface area contributed by atoms with E-state index in [0.717, 1.165) is 16.9 Å². The van der Waals surface area contributed by atoms with Crippen LogP contribution in [-0.4, -0.2) is 106 Å². The summed E-state index contributed by atoms with van der Waals surface area (Å²) in [7, 11) is 0. The first-order valence-electron chi connectivity index (χ1n) is 16.2. The van der Waals surface area contributed by atoms with Crippen LogP contribution < -0.4 is 26.6 Å². The van der Waals surface area contributed by atoms with E-state index in [1.807, 2.05) is 50.4 Å². The highest BCUT2D eigenvalue weighted by Crippen LogP contribution is 2.25. The van der Waals surface area contributed by atoms with Crippen molar-refractivity contribution in [3.05, 3.63) is 52.0 Å². The number of rotatable bonds is 8. The average molecular weight is 718 g/mol. The van der Waals surface area contributed by atoms with Crippen LogP contribution in [0.2, 0.25) is 0 Å². The van der Waals surface area contributed by atoms with Crippen molar-refractivity contribution in [2.45, 2.75) is 77.2 Å². The molecule has 0 radical (unpaired) electrons. The molecule has 3 rings (SSSR count). The largest absolute Gasteiger partial charge is 0.387 e. The van der Waals surface area contributed by atoms with E-state index in [2.05, 4.69) is 31.6 Å². The van der Waals surface area contributed by atoms with Crippen LogP contribution in [0.1, 0.15) is 67.6 Å². The molecule has 0 unspecified atom stereocenters. The fraction of sp³-hybridized carbons (Fsp3) is 0.545. The molecule has 2 aromatic rings. The normalized spacial score (nSPS) is 23.4. The van der Waals surface area contributed by atoms with Gasteiger partial charge in [0.05, 0.1) is 18.6 Å². The number of amides is 6. The number of thiazole rings is 1. The number of nitrogens with zero attached hydrogens (tertiary/aromatic N) is 2. The Morgan fingerprint density at radius 1 is 1.00 bits per heavy atom. The minimum absolute atomic E-state index is 0.0530. The van der Waals surface area contributed by atoms with Crippen LogP contribution in [0, 0.1) is 5.92 Å². The lowest BCUT2D eigenvalue weighted by atomic mass is 10.0. The van der Waals surface area contributed by atoms with Crippen LogP contribution in [0.3, 0.4) is 0 Å². The van der Waals surface area contributed by atoms with Gasteiger partial charge in [-0.15, -0.1) is 11.3 Å². The molecule has 6 amide bonds. The number of aliphatic hydroxyl groups excluding tert-OH is 1. The third kappa shape index (κ3) is 11.8. The maximum Gasteiger partial charge on any atom is 0.271 e. The molecule has 1 aromatic carbocycles. The molecule has 0 spiro atoms. The molecule has 2 heterocycles. The minimum atomic E-state index is -1.02. The average Bonchev–Trinajstić information content (AvgIpc) is 3.57. The van der Waals surface area contributed by atoms with E-state index in [1.54, 1.807) is 6.92 Å². The molecule has 0 saturated carbocycles. The maximum atomic E-state index is 13.8. The Morgan fingerprint density at radius 2 is 1.67 bits per heavy atom. The number of hydrogen-bond acceptors (Lipinski definition) is 10. The number of thioether (sulfide) groups is 1. The Kier molecular flexibility index (Phi) is 15.5. The van der Waals surface area contributed by atoms with Crippen LogP contribution >= 0.6 is 23.1 Å². The molecule has 16 heteroatoms. The van der Waals surface area contributed by atoms with Crippen molar-refractivity contribution in [3.8, 4) is 0 Å². The zero-order valence-corrected chi connectivity index (χ0v) is 30.1. The van der Waals surface area contributed by atoms with Crippen LogP contribution in [0.15, 0.2) is 35.7 Å². The lowest BCUT2D eigenvalue weighted by Gasteiger charge is -2.30. The van der Waals surface area contributed by atoms with Gasteiger partial charge in [0.1, 0.15) is 35.4 Å². The monoisotopic (exact) mass is 717 g/mol. The van der Waals surface area contributed by atoms with Gasteiger partial charge in [0.15, 0.2) is 0 Å². The minimum Gasteiger partial charge on any atom is -0.387 e.